The minimum atomic E-state index is -0.583. The fraction of sp³-hybridized carbons (Fsp3) is 0.517. The van der Waals surface area contributed by atoms with Crippen LogP contribution in [0.4, 0.5) is 0 Å². The Morgan fingerprint density at radius 2 is 1.68 bits per heavy atom. The molecular formula is C29H40N2O3. The van der Waals surface area contributed by atoms with Gasteiger partial charge in [0, 0.05) is 12.6 Å². The lowest BCUT2D eigenvalue weighted by Crippen LogP contribution is -2.51. The summed E-state index contributed by atoms with van der Waals surface area (Å²) < 4.78 is 5.84. The predicted molar refractivity (Wildman–Crippen MR) is 137 cm³/mol. The van der Waals surface area contributed by atoms with Crippen molar-refractivity contribution in [3.63, 3.8) is 0 Å². The molecule has 0 spiro atoms. The fourth-order valence-corrected chi connectivity index (χ4v) is 4.40. The highest BCUT2D eigenvalue weighted by atomic mass is 16.5. The van der Waals surface area contributed by atoms with Crippen LogP contribution in [0.15, 0.2) is 48.5 Å². The molecule has 1 atom stereocenters. The van der Waals surface area contributed by atoms with E-state index in [0.717, 1.165) is 36.8 Å². The molecule has 0 radical (unpaired) electrons. The molecule has 0 aromatic heterocycles. The van der Waals surface area contributed by atoms with Crippen LogP contribution in [0.1, 0.15) is 76.5 Å². The van der Waals surface area contributed by atoms with Crippen LogP contribution in [-0.4, -0.2) is 35.4 Å². The number of nitrogens with one attached hydrogen (secondary N) is 1. The number of carbonyl (C=O) groups is 2. The van der Waals surface area contributed by atoms with Gasteiger partial charge in [0.15, 0.2) is 6.61 Å². The van der Waals surface area contributed by atoms with E-state index >= 15 is 0 Å². The van der Waals surface area contributed by atoms with Gasteiger partial charge in [-0.3, -0.25) is 9.59 Å². The van der Waals surface area contributed by atoms with Gasteiger partial charge in [-0.1, -0.05) is 76.4 Å². The van der Waals surface area contributed by atoms with E-state index in [4.69, 9.17) is 4.74 Å². The van der Waals surface area contributed by atoms with Crippen molar-refractivity contribution >= 4 is 11.8 Å². The Kier molecular flexibility index (Phi) is 8.76. The van der Waals surface area contributed by atoms with Crippen LogP contribution >= 0.6 is 0 Å². The highest BCUT2D eigenvalue weighted by Gasteiger charge is 2.28. The summed E-state index contributed by atoms with van der Waals surface area (Å²) in [5.74, 6) is 0.356. The van der Waals surface area contributed by atoms with E-state index in [1.807, 2.05) is 62.4 Å². The van der Waals surface area contributed by atoms with Crippen molar-refractivity contribution in [1.82, 2.24) is 10.2 Å². The van der Waals surface area contributed by atoms with Gasteiger partial charge in [0.1, 0.15) is 11.8 Å². The SMILES string of the molecule is Cc1ccccc1CN(C(=O)COc1ccc(C(C)(C)C)cc1)C(C)C(=O)NC1CCCCC1. The van der Waals surface area contributed by atoms with Crippen molar-refractivity contribution in [1.29, 1.82) is 0 Å². The molecule has 2 aromatic carbocycles. The summed E-state index contributed by atoms with van der Waals surface area (Å²) in [5.41, 5.74) is 3.39. The maximum atomic E-state index is 13.3. The second kappa shape index (κ2) is 11.5. The molecule has 5 heteroatoms. The number of amides is 2. The summed E-state index contributed by atoms with van der Waals surface area (Å²) in [6, 6.07) is 15.5. The van der Waals surface area contributed by atoms with Gasteiger partial charge in [-0.25, -0.2) is 0 Å². The molecule has 2 aromatic rings. The van der Waals surface area contributed by atoms with Crippen LogP contribution in [0, 0.1) is 6.92 Å². The van der Waals surface area contributed by atoms with Gasteiger partial charge in [0.2, 0.25) is 5.91 Å². The largest absolute Gasteiger partial charge is 0.484 e. The van der Waals surface area contributed by atoms with Crippen molar-refractivity contribution in [2.75, 3.05) is 6.61 Å². The van der Waals surface area contributed by atoms with E-state index in [1.165, 1.54) is 12.0 Å². The van der Waals surface area contributed by atoms with Crippen molar-refractivity contribution in [2.24, 2.45) is 0 Å². The summed E-state index contributed by atoms with van der Waals surface area (Å²) >= 11 is 0. The molecule has 1 fully saturated rings. The van der Waals surface area contributed by atoms with Crippen LogP contribution in [0.25, 0.3) is 0 Å². The standard InChI is InChI=1S/C29H40N2O3/c1-21-11-9-10-12-23(21)19-31(22(2)28(33)30-25-13-7-6-8-14-25)27(32)20-34-26-17-15-24(16-18-26)29(3,4)5/h9-12,15-18,22,25H,6-8,13-14,19-20H2,1-5H3,(H,30,33). The first-order valence-corrected chi connectivity index (χ1v) is 12.5. The van der Waals surface area contributed by atoms with Crippen molar-refractivity contribution in [3.8, 4) is 5.75 Å². The number of hydrogen-bond acceptors (Lipinski definition) is 3. The number of hydrogen-bond donors (Lipinski definition) is 1. The molecule has 1 unspecified atom stereocenters. The summed E-state index contributed by atoms with van der Waals surface area (Å²) in [7, 11) is 0. The lowest BCUT2D eigenvalue weighted by molar-refractivity contribution is -0.142. The van der Waals surface area contributed by atoms with E-state index in [0.29, 0.717) is 12.3 Å². The molecule has 1 aliphatic carbocycles. The van der Waals surface area contributed by atoms with Gasteiger partial charge < -0.3 is 15.0 Å². The van der Waals surface area contributed by atoms with E-state index in [9.17, 15) is 9.59 Å². The zero-order valence-corrected chi connectivity index (χ0v) is 21.4. The third kappa shape index (κ3) is 7.09. The summed E-state index contributed by atoms with van der Waals surface area (Å²) in [6.45, 7) is 10.6. The number of rotatable bonds is 8. The van der Waals surface area contributed by atoms with Crippen LogP contribution in [-0.2, 0) is 21.5 Å². The maximum Gasteiger partial charge on any atom is 0.261 e. The third-order valence-electron chi connectivity index (χ3n) is 6.80. The summed E-state index contributed by atoms with van der Waals surface area (Å²) in [6.07, 6.45) is 5.55. The second-order valence-corrected chi connectivity index (χ2v) is 10.5. The molecule has 3 rings (SSSR count). The van der Waals surface area contributed by atoms with E-state index in [2.05, 4.69) is 26.1 Å². The van der Waals surface area contributed by atoms with Gasteiger partial charge in [-0.05, 0) is 60.9 Å². The molecule has 0 bridgehead atoms. The minimum absolute atomic E-state index is 0.0554. The molecule has 1 saturated carbocycles. The van der Waals surface area contributed by atoms with E-state index < -0.39 is 6.04 Å². The van der Waals surface area contributed by atoms with Crippen molar-refractivity contribution in [3.05, 3.63) is 65.2 Å². The fourth-order valence-electron chi connectivity index (χ4n) is 4.40. The van der Waals surface area contributed by atoms with Crippen molar-refractivity contribution < 1.29 is 14.3 Å². The Morgan fingerprint density at radius 1 is 1.03 bits per heavy atom. The van der Waals surface area contributed by atoms with Gasteiger partial charge in [-0.2, -0.15) is 0 Å². The molecule has 34 heavy (non-hydrogen) atoms. The average Bonchev–Trinajstić information content (AvgIpc) is 2.82. The summed E-state index contributed by atoms with van der Waals surface area (Å²) in [5, 5.41) is 3.17. The molecule has 0 heterocycles. The molecular weight excluding hydrogens is 424 g/mol. The van der Waals surface area contributed by atoms with Gasteiger partial charge >= 0.3 is 0 Å². The van der Waals surface area contributed by atoms with Gasteiger partial charge in [0.25, 0.3) is 5.91 Å². The normalized spacial score (nSPS) is 15.4. The number of ether oxygens (including phenoxy) is 1. The smallest absolute Gasteiger partial charge is 0.261 e. The molecule has 5 nitrogen and oxygen atoms in total. The van der Waals surface area contributed by atoms with Gasteiger partial charge in [0.05, 0.1) is 0 Å². The molecule has 0 aliphatic heterocycles. The number of nitrogens with zero attached hydrogens (tertiary/aromatic N) is 1. The molecule has 1 aliphatic rings. The highest BCUT2D eigenvalue weighted by Crippen LogP contribution is 2.24. The Balaban J connectivity index is 1.70. The van der Waals surface area contributed by atoms with Crippen LogP contribution in [0.5, 0.6) is 5.75 Å². The minimum Gasteiger partial charge on any atom is -0.484 e. The first-order chi connectivity index (χ1) is 16.1. The molecule has 184 valence electrons. The predicted octanol–water partition coefficient (Wildman–Crippen LogP) is 5.54. The second-order valence-electron chi connectivity index (χ2n) is 10.5. The van der Waals surface area contributed by atoms with Crippen LogP contribution in [0.3, 0.4) is 0 Å². The zero-order valence-electron chi connectivity index (χ0n) is 21.4. The topological polar surface area (TPSA) is 58.6 Å². The Labute approximate surface area is 204 Å². The molecule has 0 saturated heterocycles. The maximum absolute atomic E-state index is 13.3. The Hall–Kier alpha value is -2.82. The van der Waals surface area contributed by atoms with E-state index in [1.54, 1.807) is 4.90 Å². The Bertz CT molecular complexity index is 956. The third-order valence-corrected chi connectivity index (χ3v) is 6.80. The quantitative estimate of drug-likeness (QED) is 0.558. The Morgan fingerprint density at radius 3 is 2.29 bits per heavy atom. The highest BCUT2D eigenvalue weighted by molar-refractivity contribution is 5.88. The lowest BCUT2D eigenvalue weighted by Gasteiger charge is -2.31. The van der Waals surface area contributed by atoms with E-state index in [-0.39, 0.29) is 29.9 Å². The first kappa shape index (κ1) is 25.8. The monoisotopic (exact) mass is 464 g/mol. The number of aryl methyl sites for hydroxylation is 1. The average molecular weight is 465 g/mol. The van der Waals surface area contributed by atoms with Crippen molar-refractivity contribution in [2.45, 2.75) is 90.8 Å². The van der Waals surface area contributed by atoms with Gasteiger partial charge in [-0.15, -0.1) is 0 Å². The molecule has 1 N–H and O–H groups in total. The van der Waals surface area contributed by atoms with Crippen LogP contribution < -0.4 is 10.1 Å². The lowest BCUT2D eigenvalue weighted by atomic mass is 9.87. The van der Waals surface area contributed by atoms with Crippen LogP contribution in [0.2, 0.25) is 0 Å². The summed E-state index contributed by atoms with van der Waals surface area (Å²) in [4.78, 5) is 28.1. The zero-order chi connectivity index (χ0) is 24.7. The number of carbonyl (C=O) groups excluding carboxylic acids is 2. The molecule has 2 amide bonds. The first-order valence-electron chi connectivity index (χ1n) is 12.5. The number of benzene rings is 2.